The zero-order valence-corrected chi connectivity index (χ0v) is 27.7. The summed E-state index contributed by atoms with van der Waals surface area (Å²) in [6, 6.07) is 9.76. The van der Waals surface area contributed by atoms with Crippen LogP contribution in [-0.4, -0.2) is 34.9 Å². The van der Waals surface area contributed by atoms with E-state index >= 15 is 0 Å². The van der Waals surface area contributed by atoms with Gasteiger partial charge in [-0.1, -0.05) is 43.5 Å². The molecule has 1 aliphatic heterocycles. The van der Waals surface area contributed by atoms with Crippen LogP contribution in [0.15, 0.2) is 30.3 Å². The molecule has 1 unspecified atom stereocenters. The van der Waals surface area contributed by atoms with E-state index in [1.54, 1.807) is 13.0 Å². The predicted molar refractivity (Wildman–Crippen MR) is 178 cm³/mol. The van der Waals surface area contributed by atoms with E-state index in [2.05, 4.69) is 11.2 Å². The van der Waals surface area contributed by atoms with Crippen LogP contribution in [0.2, 0.25) is 5.02 Å². The number of nitrogens with one attached hydrogen (secondary N) is 1. The van der Waals surface area contributed by atoms with Crippen LogP contribution in [0.25, 0.3) is 22.3 Å². The molecule has 7 nitrogen and oxygen atoms in total. The normalized spacial score (nSPS) is 12.4. The Hall–Kier alpha value is -3.86. The number of ether oxygens (including phenoxy) is 2. The lowest BCUT2D eigenvalue weighted by Crippen LogP contribution is -2.29. The minimum Gasteiger partial charge on any atom is -0.490 e. The van der Waals surface area contributed by atoms with Gasteiger partial charge in [-0.3, -0.25) is 0 Å². The highest BCUT2D eigenvalue weighted by molar-refractivity contribution is 6.31. The Morgan fingerprint density at radius 2 is 1.70 bits per heavy atom. The Balaban J connectivity index is 0.000000993. The van der Waals surface area contributed by atoms with Crippen LogP contribution in [0.1, 0.15) is 75.5 Å². The molecule has 3 aromatic rings. The summed E-state index contributed by atoms with van der Waals surface area (Å²) < 4.78 is 12.0. The van der Waals surface area contributed by atoms with E-state index in [1.165, 1.54) is 0 Å². The predicted octanol–water partition coefficient (Wildman–Crippen LogP) is 8.60. The molecule has 0 amide bonds. The minimum atomic E-state index is -1.21. The van der Waals surface area contributed by atoms with Crippen molar-refractivity contribution in [3.63, 3.8) is 0 Å². The number of aryl methyl sites for hydroxylation is 1. The summed E-state index contributed by atoms with van der Waals surface area (Å²) >= 11 is 6.33. The molecular formula is C35H45ClN2O5. The number of hydrogen-bond acceptors (Lipinski definition) is 6. The first-order valence-corrected chi connectivity index (χ1v) is 14.8. The van der Waals surface area contributed by atoms with E-state index in [1.807, 2.05) is 92.6 Å². The van der Waals surface area contributed by atoms with E-state index in [4.69, 9.17) is 31.9 Å². The molecule has 0 aromatic heterocycles. The molecule has 0 aliphatic carbocycles. The van der Waals surface area contributed by atoms with Gasteiger partial charge in [0.1, 0.15) is 18.5 Å². The van der Waals surface area contributed by atoms with E-state index in [9.17, 15) is 9.90 Å². The molecule has 0 saturated heterocycles. The summed E-state index contributed by atoms with van der Waals surface area (Å²) in [5, 5.41) is 22.0. The third-order valence-corrected chi connectivity index (χ3v) is 7.39. The zero-order chi connectivity index (χ0) is 32.6. The van der Waals surface area contributed by atoms with Crippen molar-refractivity contribution in [2.75, 3.05) is 24.2 Å². The Morgan fingerprint density at radius 1 is 1.07 bits per heavy atom. The van der Waals surface area contributed by atoms with Crippen molar-refractivity contribution in [3.05, 3.63) is 63.2 Å². The lowest BCUT2D eigenvalue weighted by atomic mass is 9.81. The SMILES string of the molecule is CC.CC#CO.Cc1cc(-c2c(C)c(-c3ccc4c(c3C)NCCO4)c(C(OC(C)(C)C)C(=O)O)c(C)c2N)ccc1Cl. The van der Waals surface area contributed by atoms with Crippen molar-refractivity contribution >= 4 is 28.9 Å². The highest BCUT2D eigenvalue weighted by atomic mass is 35.5. The number of nitrogen functional groups attached to an aromatic ring is 1. The summed E-state index contributed by atoms with van der Waals surface area (Å²) in [4.78, 5) is 12.7. The van der Waals surface area contributed by atoms with Crippen molar-refractivity contribution in [2.45, 2.75) is 80.9 Å². The summed E-state index contributed by atoms with van der Waals surface area (Å²) in [6.07, 6.45) is 0.469. The van der Waals surface area contributed by atoms with Crippen LogP contribution >= 0.6 is 11.6 Å². The van der Waals surface area contributed by atoms with Crippen LogP contribution < -0.4 is 15.8 Å². The number of nitrogens with two attached hydrogens (primary N) is 1. The highest BCUT2D eigenvalue weighted by Crippen LogP contribution is 2.48. The van der Waals surface area contributed by atoms with E-state index < -0.39 is 17.7 Å². The van der Waals surface area contributed by atoms with Gasteiger partial charge in [0.25, 0.3) is 0 Å². The maximum absolute atomic E-state index is 12.7. The van der Waals surface area contributed by atoms with Gasteiger partial charge in [-0.15, -0.1) is 0 Å². The number of carboxylic acids is 1. The van der Waals surface area contributed by atoms with Crippen LogP contribution in [0.3, 0.4) is 0 Å². The number of anilines is 2. The molecule has 0 bridgehead atoms. The molecule has 4 rings (SSSR count). The Morgan fingerprint density at radius 3 is 2.23 bits per heavy atom. The van der Waals surface area contributed by atoms with Gasteiger partial charge < -0.3 is 30.7 Å². The molecule has 1 aliphatic rings. The maximum Gasteiger partial charge on any atom is 0.337 e. The first kappa shape index (κ1) is 35.3. The summed E-state index contributed by atoms with van der Waals surface area (Å²) in [7, 11) is 0. The average Bonchev–Trinajstić information content (AvgIpc) is 2.97. The molecule has 0 fully saturated rings. The van der Waals surface area contributed by atoms with Crippen molar-refractivity contribution in [2.24, 2.45) is 0 Å². The molecule has 1 atom stereocenters. The summed E-state index contributed by atoms with van der Waals surface area (Å²) in [5.74, 6) is 1.96. The number of carbonyl (C=O) groups is 1. The second-order valence-electron chi connectivity index (χ2n) is 11.0. The molecular weight excluding hydrogens is 564 g/mol. The zero-order valence-electron chi connectivity index (χ0n) is 27.0. The van der Waals surface area contributed by atoms with E-state index in [-0.39, 0.29) is 0 Å². The smallest absolute Gasteiger partial charge is 0.337 e. The quantitative estimate of drug-likeness (QED) is 0.169. The molecule has 0 saturated carbocycles. The van der Waals surface area contributed by atoms with Crippen LogP contribution in [0, 0.1) is 39.7 Å². The van der Waals surface area contributed by atoms with Crippen LogP contribution in [0.5, 0.6) is 5.75 Å². The first-order valence-electron chi connectivity index (χ1n) is 14.4. The fourth-order valence-electron chi connectivity index (χ4n) is 5.12. The van der Waals surface area contributed by atoms with E-state index in [0.29, 0.717) is 35.0 Å². The molecule has 8 heteroatoms. The van der Waals surface area contributed by atoms with Crippen molar-refractivity contribution < 1.29 is 24.5 Å². The number of benzene rings is 3. The largest absolute Gasteiger partial charge is 0.490 e. The van der Waals surface area contributed by atoms with E-state index in [0.717, 1.165) is 50.4 Å². The number of aliphatic hydroxyl groups excluding tert-OH is 1. The monoisotopic (exact) mass is 608 g/mol. The molecule has 43 heavy (non-hydrogen) atoms. The number of aliphatic carboxylic acids is 1. The van der Waals surface area contributed by atoms with Gasteiger partial charge in [-0.2, -0.15) is 0 Å². The minimum absolute atomic E-state index is 0.527. The average molecular weight is 609 g/mol. The molecule has 0 radical (unpaired) electrons. The topological polar surface area (TPSA) is 114 Å². The van der Waals surface area contributed by atoms with Crippen molar-refractivity contribution in [1.29, 1.82) is 0 Å². The van der Waals surface area contributed by atoms with Gasteiger partial charge in [-0.05, 0) is 106 Å². The summed E-state index contributed by atoms with van der Waals surface area (Å²) in [6.45, 7) is 20.3. The molecule has 232 valence electrons. The highest BCUT2D eigenvalue weighted by Gasteiger charge is 2.34. The Kier molecular flexibility index (Phi) is 12.4. The number of halogens is 1. The Bertz CT molecular complexity index is 1520. The van der Waals surface area contributed by atoms with Crippen LogP contribution in [-0.2, 0) is 9.53 Å². The fraction of sp³-hybridized carbons (Fsp3) is 0.400. The third-order valence-electron chi connectivity index (χ3n) is 6.97. The molecule has 3 aromatic carbocycles. The molecule has 0 spiro atoms. The van der Waals surface area contributed by atoms with Gasteiger partial charge in [0, 0.05) is 35.3 Å². The summed E-state index contributed by atoms with van der Waals surface area (Å²) in [5.41, 5.74) is 15.1. The van der Waals surface area contributed by atoms with Gasteiger partial charge >= 0.3 is 5.97 Å². The van der Waals surface area contributed by atoms with Gasteiger partial charge in [-0.25, -0.2) is 4.79 Å². The van der Waals surface area contributed by atoms with Gasteiger partial charge in [0.2, 0.25) is 0 Å². The van der Waals surface area contributed by atoms with Gasteiger partial charge in [0.15, 0.2) is 6.10 Å². The van der Waals surface area contributed by atoms with Crippen molar-refractivity contribution in [3.8, 4) is 40.0 Å². The first-order chi connectivity index (χ1) is 20.2. The van der Waals surface area contributed by atoms with Crippen LogP contribution in [0.4, 0.5) is 11.4 Å². The standard InChI is InChI=1S/C30H35ClN2O4.C3H4O.C2H6/c1-15-14-19(8-10-21(15)31)23-17(3)24(20-9-11-22-27(16(20)2)33-12-13-36-22)25(18(4)26(23)32)28(29(34)35)37-30(5,6)7;1-2-3-4;1-2/h8-11,14,28,33H,12-13,32H2,1-7H3,(H,34,35);4H,1H3;1-2H3. The number of hydrogen-bond donors (Lipinski definition) is 4. The molecule has 1 heterocycles. The third kappa shape index (κ3) is 7.95. The number of carboxylic acid groups (broad SMARTS) is 1. The lowest BCUT2D eigenvalue weighted by molar-refractivity contribution is -0.160. The maximum atomic E-state index is 12.7. The van der Waals surface area contributed by atoms with Crippen molar-refractivity contribution in [1.82, 2.24) is 0 Å². The number of rotatable bonds is 5. The second kappa shape index (κ2) is 15.0. The van der Waals surface area contributed by atoms with Gasteiger partial charge in [0.05, 0.1) is 11.3 Å². The number of fused-ring (bicyclic) bond motifs is 1. The number of aliphatic hydroxyl groups is 1. The molecule has 5 N–H and O–H groups in total. The fourth-order valence-corrected chi connectivity index (χ4v) is 5.23. The lowest BCUT2D eigenvalue weighted by Gasteiger charge is -2.31. The Labute approximate surface area is 261 Å². The second-order valence-corrected chi connectivity index (χ2v) is 11.4.